The Morgan fingerprint density at radius 2 is 1.76 bits per heavy atom. The van der Waals surface area contributed by atoms with E-state index in [1.807, 2.05) is 12.1 Å². The van der Waals surface area contributed by atoms with Crippen LogP contribution in [0.4, 0.5) is 8.78 Å². The number of hydrogen-bond donors (Lipinski definition) is 1. The summed E-state index contributed by atoms with van der Waals surface area (Å²) < 4.78 is 54.7. The summed E-state index contributed by atoms with van der Waals surface area (Å²) in [5.74, 6) is -1.96. The van der Waals surface area contributed by atoms with Crippen molar-refractivity contribution in [1.82, 2.24) is 19.5 Å². The van der Waals surface area contributed by atoms with Crippen LogP contribution in [0, 0.1) is 11.6 Å². The predicted octanol–water partition coefficient (Wildman–Crippen LogP) is 2.08. The molecule has 3 aromatic rings. The average molecular weight is 364 g/mol. The number of nitrogens with one attached hydrogen (secondary N) is 1. The van der Waals surface area contributed by atoms with Crippen molar-refractivity contribution in [2.24, 2.45) is 0 Å². The molecular formula is C16H14F2N4O2S. The zero-order valence-electron chi connectivity index (χ0n) is 12.9. The molecule has 0 fully saturated rings. The second-order valence-electron chi connectivity index (χ2n) is 5.31. The lowest BCUT2D eigenvalue weighted by Gasteiger charge is -2.08. The third kappa shape index (κ3) is 4.25. The number of sulfonamides is 1. The maximum absolute atomic E-state index is 13.6. The molecule has 0 aliphatic carbocycles. The Hall–Kier alpha value is -2.65. The van der Waals surface area contributed by atoms with Crippen molar-refractivity contribution in [2.45, 2.75) is 18.0 Å². The van der Waals surface area contributed by atoms with Crippen LogP contribution in [0.3, 0.4) is 0 Å². The van der Waals surface area contributed by atoms with Crippen LogP contribution in [-0.4, -0.2) is 23.2 Å². The first kappa shape index (κ1) is 17.2. The van der Waals surface area contributed by atoms with Gasteiger partial charge in [-0.1, -0.05) is 24.3 Å². The fraction of sp³-hybridized carbons (Fsp3) is 0.125. The SMILES string of the molecule is O=S(=O)(NCc1ccc(Cn2cncn2)cc1)c1ccc(F)cc1F. The molecular weight excluding hydrogens is 350 g/mol. The van der Waals surface area contributed by atoms with E-state index in [0.717, 1.165) is 17.7 Å². The van der Waals surface area contributed by atoms with E-state index < -0.39 is 26.6 Å². The highest BCUT2D eigenvalue weighted by Gasteiger charge is 2.19. The standard InChI is InChI=1S/C16H14F2N4O2S/c17-14-5-6-16(15(18)7-14)25(23,24)21-8-12-1-3-13(4-2-12)9-22-11-19-10-20-22/h1-7,10-11,21H,8-9H2. The highest BCUT2D eigenvalue weighted by Crippen LogP contribution is 2.16. The molecule has 0 amide bonds. The molecule has 0 atom stereocenters. The maximum atomic E-state index is 13.6. The van der Waals surface area contributed by atoms with Crippen molar-refractivity contribution in [1.29, 1.82) is 0 Å². The number of hydrogen-bond acceptors (Lipinski definition) is 4. The Balaban J connectivity index is 1.66. The van der Waals surface area contributed by atoms with Gasteiger partial charge in [0, 0.05) is 12.6 Å². The Bertz CT molecular complexity index is 958. The van der Waals surface area contributed by atoms with Crippen LogP contribution >= 0.6 is 0 Å². The molecule has 25 heavy (non-hydrogen) atoms. The summed E-state index contributed by atoms with van der Waals surface area (Å²) in [7, 11) is -4.07. The molecule has 6 nitrogen and oxygen atoms in total. The van der Waals surface area contributed by atoms with Crippen LogP contribution in [-0.2, 0) is 23.1 Å². The largest absolute Gasteiger partial charge is 0.249 e. The Morgan fingerprint density at radius 1 is 1.04 bits per heavy atom. The van der Waals surface area contributed by atoms with Gasteiger partial charge in [-0.15, -0.1) is 0 Å². The zero-order valence-corrected chi connectivity index (χ0v) is 13.7. The minimum Gasteiger partial charge on any atom is -0.249 e. The number of halogens is 2. The normalized spacial score (nSPS) is 11.6. The van der Waals surface area contributed by atoms with Crippen LogP contribution in [0.25, 0.3) is 0 Å². The first-order valence-electron chi connectivity index (χ1n) is 7.29. The summed E-state index contributed by atoms with van der Waals surface area (Å²) in [4.78, 5) is 3.27. The number of benzene rings is 2. The van der Waals surface area contributed by atoms with Crippen molar-refractivity contribution >= 4 is 10.0 Å². The molecule has 1 aromatic heterocycles. The fourth-order valence-electron chi connectivity index (χ4n) is 2.21. The molecule has 0 aliphatic heterocycles. The number of aromatic nitrogens is 3. The second kappa shape index (κ2) is 7.08. The van der Waals surface area contributed by atoms with Crippen molar-refractivity contribution in [3.8, 4) is 0 Å². The molecule has 3 rings (SSSR count). The molecule has 9 heteroatoms. The number of rotatable bonds is 6. The van der Waals surface area contributed by atoms with Crippen molar-refractivity contribution < 1.29 is 17.2 Å². The van der Waals surface area contributed by atoms with Gasteiger partial charge in [-0.2, -0.15) is 5.10 Å². The minimum atomic E-state index is -4.07. The minimum absolute atomic E-state index is 0.0112. The highest BCUT2D eigenvalue weighted by atomic mass is 32.2. The predicted molar refractivity (Wildman–Crippen MR) is 85.9 cm³/mol. The summed E-state index contributed by atoms with van der Waals surface area (Å²) in [6.07, 6.45) is 3.04. The van der Waals surface area contributed by atoms with E-state index in [9.17, 15) is 17.2 Å². The lowest BCUT2D eigenvalue weighted by atomic mass is 10.1. The van der Waals surface area contributed by atoms with E-state index >= 15 is 0 Å². The number of nitrogens with zero attached hydrogens (tertiary/aromatic N) is 3. The molecule has 130 valence electrons. The zero-order chi connectivity index (χ0) is 17.9. The first-order valence-corrected chi connectivity index (χ1v) is 8.77. The quantitative estimate of drug-likeness (QED) is 0.727. The van der Waals surface area contributed by atoms with Gasteiger partial charge >= 0.3 is 0 Å². The van der Waals surface area contributed by atoms with Crippen LogP contribution in [0.1, 0.15) is 11.1 Å². The van der Waals surface area contributed by atoms with E-state index in [-0.39, 0.29) is 6.54 Å². The summed E-state index contributed by atoms with van der Waals surface area (Å²) in [6, 6.07) is 9.53. The lowest BCUT2D eigenvalue weighted by Crippen LogP contribution is -2.24. The molecule has 1 N–H and O–H groups in total. The van der Waals surface area contributed by atoms with Crippen LogP contribution in [0.2, 0.25) is 0 Å². The first-order chi connectivity index (χ1) is 11.9. The summed E-state index contributed by atoms with van der Waals surface area (Å²) in [6.45, 7) is 0.537. The second-order valence-corrected chi connectivity index (χ2v) is 7.04. The van der Waals surface area contributed by atoms with Crippen LogP contribution < -0.4 is 4.72 Å². The Labute approximate surface area is 143 Å². The van der Waals surface area contributed by atoms with Gasteiger partial charge < -0.3 is 0 Å². The third-order valence-electron chi connectivity index (χ3n) is 3.48. The Kier molecular flexibility index (Phi) is 4.86. The van der Waals surface area contributed by atoms with Gasteiger partial charge in [0.2, 0.25) is 10.0 Å². The highest BCUT2D eigenvalue weighted by molar-refractivity contribution is 7.89. The van der Waals surface area contributed by atoms with Crippen LogP contribution in [0.15, 0.2) is 60.0 Å². The molecule has 2 aromatic carbocycles. The molecule has 0 bridgehead atoms. The smallest absolute Gasteiger partial charge is 0.243 e. The van der Waals surface area contributed by atoms with Gasteiger partial charge in [-0.3, -0.25) is 0 Å². The lowest BCUT2D eigenvalue weighted by molar-refractivity contribution is 0.543. The van der Waals surface area contributed by atoms with Gasteiger partial charge in [-0.05, 0) is 23.3 Å². The van der Waals surface area contributed by atoms with E-state index in [1.165, 1.54) is 6.33 Å². The topological polar surface area (TPSA) is 76.9 Å². The van der Waals surface area contributed by atoms with E-state index in [4.69, 9.17) is 0 Å². The average Bonchev–Trinajstić information content (AvgIpc) is 3.07. The molecule has 0 aliphatic rings. The van der Waals surface area contributed by atoms with Crippen LogP contribution in [0.5, 0.6) is 0 Å². The summed E-state index contributed by atoms with van der Waals surface area (Å²) in [5, 5.41) is 4.00. The summed E-state index contributed by atoms with van der Waals surface area (Å²) in [5.41, 5.74) is 1.68. The fourth-order valence-corrected chi connectivity index (χ4v) is 3.29. The summed E-state index contributed by atoms with van der Waals surface area (Å²) >= 11 is 0. The molecule has 0 radical (unpaired) electrons. The van der Waals surface area contributed by atoms with Gasteiger partial charge in [0.05, 0.1) is 6.54 Å². The monoisotopic (exact) mass is 364 g/mol. The van der Waals surface area contributed by atoms with E-state index in [1.54, 1.807) is 23.1 Å². The third-order valence-corrected chi connectivity index (χ3v) is 4.92. The van der Waals surface area contributed by atoms with Crippen molar-refractivity contribution in [2.75, 3.05) is 0 Å². The molecule has 0 unspecified atom stereocenters. The Morgan fingerprint density at radius 3 is 2.40 bits per heavy atom. The van der Waals surface area contributed by atoms with Gasteiger partial charge in [0.1, 0.15) is 29.2 Å². The van der Waals surface area contributed by atoms with Crippen molar-refractivity contribution in [3.05, 3.63) is 77.9 Å². The van der Waals surface area contributed by atoms with Crippen molar-refractivity contribution in [3.63, 3.8) is 0 Å². The molecule has 1 heterocycles. The maximum Gasteiger partial charge on any atom is 0.243 e. The van der Waals surface area contributed by atoms with Gasteiger partial charge in [0.15, 0.2) is 0 Å². The van der Waals surface area contributed by atoms with E-state index in [2.05, 4.69) is 14.8 Å². The molecule has 0 saturated heterocycles. The molecule has 0 saturated carbocycles. The van der Waals surface area contributed by atoms with Gasteiger partial charge in [-0.25, -0.2) is 31.6 Å². The molecule has 0 spiro atoms. The van der Waals surface area contributed by atoms with Gasteiger partial charge in [0.25, 0.3) is 0 Å². The van der Waals surface area contributed by atoms with E-state index in [0.29, 0.717) is 18.2 Å².